The van der Waals surface area contributed by atoms with Crippen molar-refractivity contribution in [3.8, 4) is 5.75 Å². The van der Waals surface area contributed by atoms with E-state index in [0.717, 1.165) is 12.2 Å². The van der Waals surface area contributed by atoms with E-state index in [1.807, 2.05) is 25.2 Å². The molecule has 1 heterocycles. The Balaban J connectivity index is 1.86. The molecule has 0 aliphatic rings. The highest BCUT2D eigenvalue weighted by Gasteiger charge is 2.08. The predicted molar refractivity (Wildman–Crippen MR) is 72.7 cm³/mol. The summed E-state index contributed by atoms with van der Waals surface area (Å²) in [5.41, 5.74) is 1.31. The third kappa shape index (κ3) is 3.86. The second-order valence-electron chi connectivity index (χ2n) is 4.18. The van der Waals surface area contributed by atoms with Gasteiger partial charge in [0.1, 0.15) is 12.4 Å². The molecule has 0 amide bonds. The van der Waals surface area contributed by atoms with Crippen LogP contribution in [0.5, 0.6) is 5.75 Å². The Morgan fingerprint density at radius 3 is 2.67 bits per heavy atom. The van der Waals surface area contributed by atoms with E-state index in [9.17, 15) is 0 Å². The maximum atomic E-state index is 5.71. The van der Waals surface area contributed by atoms with Gasteiger partial charge in [-0.3, -0.25) is 4.98 Å². The number of nitrogens with zero attached hydrogens (tertiary/aromatic N) is 1. The Kier molecular flexibility index (Phi) is 4.73. The van der Waals surface area contributed by atoms with Crippen LogP contribution in [0.1, 0.15) is 5.56 Å². The number of ether oxygens (including phenoxy) is 1. The van der Waals surface area contributed by atoms with E-state index in [4.69, 9.17) is 4.74 Å². The Hall–Kier alpha value is -1.87. The number of likely N-dealkylation sites (N-methyl/N-ethyl adjacent to an activating group) is 1. The fourth-order valence-corrected chi connectivity index (χ4v) is 1.77. The molecule has 2 rings (SSSR count). The maximum absolute atomic E-state index is 5.71. The third-order valence-corrected chi connectivity index (χ3v) is 2.82. The first-order valence-electron chi connectivity index (χ1n) is 6.12. The van der Waals surface area contributed by atoms with Gasteiger partial charge >= 0.3 is 0 Å². The molecule has 18 heavy (non-hydrogen) atoms. The minimum Gasteiger partial charge on any atom is -0.490 e. The lowest BCUT2D eigenvalue weighted by Gasteiger charge is -2.17. The molecule has 0 radical (unpaired) electrons. The fourth-order valence-electron chi connectivity index (χ4n) is 1.77. The van der Waals surface area contributed by atoms with Crippen molar-refractivity contribution >= 4 is 0 Å². The van der Waals surface area contributed by atoms with Crippen LogP contribution in [-0.2, 0) is 6.42 Å². The summed E-state index contributed by atoms with van der Waals surface area (Å²) < 4.78 is 5.71. The molecular weight excluding hydrogens is 224 g/mol. The molecule has 1 atom stereocenters. The van der Waals surface area contributed by atoms with Crippen LogP contribution in [0.2, 0.25) is 0 Å². The third-order valence-electron chi connectivity index (χ3n) is 2.82. The van der Waals surface area contributed by atoms with Crippen molar-refractivity contribution in [2.75, 3.05) is 13.7 Å². The van der Waals surface area contributed by atoms with Crippen LogP contribution >= 0.6 is 0 Å². The van der Waals surface area contributed by atoms with Gasteiger partial charge in [0.15, 0.2) is 0 Å². The van der Waals surface area contributed by atoms with E-state index in [1.165, 1.54) is 5.56 Å². The summed E-state index contributed by atoms with van der Waals surface area (Å²) in [6.45, 7) is 0.636. The standard InChI is InChI=1S/C15H18N2O/c1-16-14(10-13-6-3-2-4-7-13)12-18-15-8-5-9-17-11-15/h2-9,11,14,16H,10,12H2,1H3/t14-/m0/s1. The van der Waals surface area contributed by atoms with E-state index in [2.05, 4.69) is 34.6 Å². The van der Waals surface area contributed by atoms with Gasteiger partial charge in [0.25, 0.3) is 0 Å². The molecule has 2 aromatic rings. The predicted octanol–water partition coefficient (Wildman–Crippen LogP) is 2.29. The Bertz CT molecular complexity index is 445. The molecule has 0 unspecified atom stereocenters. The van der Waals surface area contributed by atoms with Crippen LogP contribution in [0.3, 0.4) is 0 Å². The summed E-state index contributed by atoms with van der Waals surface area (Å²) in [7, 11) is 1.96. The van der Waals surface area contributed by atoms with Crippen LogP contribution in [0, 0.1) is 0 Å². The number of aromatic nitrogens is 1. The lowest BCUT2D eigenvalue weighted by molar-refractivity contribution is 0.269. The average Bonchev–Trinajstić information content (AvgIpc) is 2.45. The summed E-state index contributed by atoms with van der Waals surface area (Å²) in [4.78, 5) is 4.03. The van der Waals surface area contributed by atoms with Crippen LogP contribution in [0.4, 0.5) is 0 Å². The number of rotatable bonds is 6. The van der Waals surface area contributed by atoms with Crippen molar-refractivity contribution in [3.63, 3.8) is 0 Å². The quantitative estimate of drug-likeness (QED) is 0.844. The normalized spacial score (nSPS) is 12.1. The van der Waals surface area contributed by atoms with Gasteiger partial charge in [-0.2, -0.15) is 0 Å². The van der Waals surface area contributed by atoms with Gasteiger partial charge in [-0.05, 0) is 31.2 Å². The van der Waals surface area contributed by atoms with Gasteiger partial charge in [-0.1, -0.05) is 30.3 Å². The van der Waals surface area contributed by atoms with Crippen LogP contribution < -0.4 is 10.1 Å². The van der Waals surface area contributed by atoms with Crippen molar-refractivity contribution in [1.82, 2.24) is 10.3 Å². The van der Waals surface area contributed by atoms with Gasteiger partial charge in [-0.15, -0.1) is 0 Å². The van der Waals surface area contributed by atoms with E-state index in [-0.39, 0.29) is 0 Å². The first-order valence-corrected chi connectivity index (χ1v) is 6.12. The molecule has 1 aromatic heterocycles. The topological polar surface area (TPSA) is 34.1 Å². The van der Waals surface area contributed by atoms with Crippen molar-refractivity contribution < 1.29 is 4.74 Å². The van der Waals surface area contributed by atoms with Crippen LogP contribution in [-0.4, -0.2) is 24.7 Å². The highest BCUT2D eigenvalue weighted by Crippen LogP contribution is 2.08. The maximum Gasteiger partial charge on any atom is 0.137 e. The first-order chi connectivity index (χ1) is 8.88. The number of pyridine rings is 1. The van der Waals surface area contributed by atoms with Gasteiger partial charge in [0, 0.05) is 12.2 Å². The Labute approximate surface area is 108 Å². The molecule has 1 aromatic carbocycles. The molecule has 0 spiro atoms. The average molecular weight is 242 g/mol. The highest BCUT2D eigenvalue weighted by atomic mass is 16.5. The first kappa shape index (κ1) is 12.6. The van der Waals surface area contributed by atoms with Gasteiger partial charge < -0.3 is 10.1 Å². The van der Waals surface area contributed by atoms with Gasteiger partial charge in [0.2, 0.25) is 0 Å². The molecule has 94 valence electrons. The van der Waals surface area contributed by atoms with E-state index >= 15 is 0 Å². The molecule has 1 N–H and O–H groups in total. The second-order valence-corrected chi connectivity index (χ2v) is 4.18. The minimum atomic E-state index is 0.299. The molecule has 0 saturated carbocycles. The van der Waals surface area contributed by atoms with E-state index in [0.29, 0.717) is 12.6 Å². The summed E-state index contributed by atoms with van der Waals surface area (Å²) in [6, 6.07) is 14.5. The molecule has 0 aliphatic carbocycles. The zero-order valence-electron chi connectivity index (χ0n) is 10.5. The lowest BCUT2D eigenvalue weighted by Crippen LogP contribution is -2.33. The van der Waals surface area contributed by atoms with Crippen molar-refractivity contribution in [3.05, 3.63) is 60.4 Å². The van der Waals surface area contributed by atoms with E-state index < -0.39 is 0 Å². The van der Waals surface area contributed by atoms with Crippen LogP contribution in [0.15, 0.2) is 54.9 Å². The number of hydrogen-bond donors (Lipinski definition) is 1. The van der Waals surface area contributed by atoms with Crippen molar-refractivity contribution in [2.45, 2.75) is 12.5 Å². The Morgan fingerprint density at radius 2 is 2.00 bits per heavy atom. The molecule has 0 fully saturated rings. The monoisotopic (exact) mass is 242 g/mol. The summed E-state index contributed by atoms with van der Waals surface area (Å²) >= 11 is 0. The smallest absolute Gasteiger partial charge is 0.137 e. The molecule has 0 bridgehead atoms. The zero-order chi connectivity index (χ0) is 12.6. The second kappa shape index (κ2) is 6.77. The molecule has 0 saturated heterocycles. The number of hydrogen-bond acceptors (Lipinski definition) is 3. The summed E-state index contributed by atoms with van der Waals surface area (Å²) in [5.74, 6) is 0.811. The summed E-state index contributed by atoms with van der Waals surface area (Å²) in [6.07, 6.45) is 4.43. The fraction of sp³-hybridized carbons (Fsp3) is 0.267. The minimum absolute atomic E-state index is 0.299. The van der Waals surface area contributed by atoms with Gasteiger partial charge in [-0.25, -0.2) is 0 Å². The Morgan fingerprint density at radius 1 is 1.17 bits per heavy atom. The van der Waals surface area contributed by atoms with E-state index in [1.54, 1.807) is 12.4 Å². The number of nitrogens with one attached hydrogen (secondary N) is 1. The SMILES string of the molecule is CN[C@H](COc1cccnc1)Cc1ccccc1. The molecule has 0 aliphatic heterocycles. The number of benzene rings is 1. The molecular formula is C15H18N2O. The lowest BCUT2D eigenvalue weighted by atomic mass is 10.1. The van der Waals surface area contributed by atoms with Crippen molar-refractivity contribution in [1.29, 1.82) is 0 Å². The largest absolute Gasteiger partial charge is 0.490 e. The highest BCUT2D eigenvalue weighted by molar-refractivity contribution is 5.17. The molecule has 3 nitrogen and oxygen atoms in total. The van der Waals surface area contributed by atoms with Gasteiger partial charge in [0.05, 0.1) is 6.20 Å². The summed E-state index contributed by atoms with van der Waals surface area (Å²) in [5, 5.41) is 3.28. The molecule has 3 heteroatoms. The zero-order valence-corrected chi connectivity index (χ0v) is 10.5. The van der Waals surface area contributed by atoms with Crippen molar-refractivity contribution in [2.24, 2.45) is 0 Å². The van der Waals surface area contributed by atoms with Crippen LogP contribution in [0.25, 0.3) is 0 Å².